The van der Waals surface area contributed by atoms with Crippen LogP contribution in [0.5, 0.6) is 0 Å². The molecule has 2 atom stereocenters. The van der Waals surface area contributed by atoms with Crippen LogP contribution < -0.4 is 5.73 Å². The van der Waals surface area contributed by atoms with E-state index in [-0.39, 0.29) is 18.0 Å². The Morgan fingerprint density at radius 2 is 2.11 bits per heavy atom. The van der Waals surface area contributed by atoms with Gasteiger partial charge in [0, 0.05) is 19.0 Å². The minimum atomic E-state index is -0.0762. The van der Waals surface area contributed by atoms with Crippen LogP contribution in [0.1, 0.15) is 43.4 Å². The van der Waals surface area contributed by atoms with E-state index in [1.54, 1.807) is 12.1 Å². The van der Waals surface area contributed by atoms with Crippen LogP contribution >= 0.6 is 0 Å². The average Bonchev–Trinajstić information content (AvgIpc) is 2.57. The molecule has 2 N–H and O–H groups in total. The molecule has 4 heteroatoms. The summed E-state index contributed by atoms with van der Waals surface area (Å²) in [6.45, 7) is 2.64. The maximum absolute atomic E-state index is 12.1. The molecule has 1 amide bonds. The van der Waals surface area contributed by atoms with Gasteiger partial charge >= 0.3 is 0 Å². The number of likely N-dealkylation sites (N-methyl/N-ethyl adjacent to an activating group) is 1. The number of benzene rings is 1. The lowest BCUT2D eigenvalue weighted by molar-refractivity contribution is -0.133. The molecule has 0 bridgehead atoms. The van der Waals surface area contributed by atoms with E-state index in [2.05, 4.69) is 6.07 Å². The predicted octanol–water partition coefficient (Wildman–Crippen LogP) is 1.96. The van der Waals surface area contributed by atoms with Crippen molar-refractivity contribution in [1.29, 1.82) is 5.26 Å². The highest BCUT2D eigenvalue weighted by Crippen LogP contribution is 2.29. The fourth-order valence-electron chi connectivity index (χ4n) is 2.73. The molecular formula is C15H19N3O. The molecule has 1 saturated heterocycles. The molecule has 1 aliphatic rings. The molecule has 2 rings (SSSR count). The van der Waals surface area contributed by atoms with E-state index >= 15 is 0 Å². The second kappa shape index (κ2) is 5.85. The Bertz CT molecular complexity index is 489. The van der Waals surface area contributed by atoms with E-state index in [1.165, 1.54) is 0 Å². The van der Waals surface area contributed by atoms with Crippen molar-refractivity contribution in [3.8, 4) is 6.07 Å². The molecule has 0 aliphatic carbocycles. The van der Waals surface area contributed by atoms with E-state index in [9.17, 15) is 4.79 Å². The number of hydrogen-bond donors (Lipinski definition) is 1. The Morgan fingerprint density at radius 1 is 1.42 bits per heavy atom. The Balaban J connectivity index is 2.35. The van der Waals surface area contributed by atoms with Gasteiger partial charge in [-0.3, -0.25) is 4.79 Å². The van der Waals surface area contributed by atoms with Gasteiger partial charge in [0.15, 0.2) is 0 Å². The van der Waals surface area contributed by atoms with Gasteiger partial charge in [-0.15, -0.1) is 0 Å². The fraction of sp³-hybridized carbons (Fsp3) is 0.467. The van der Waals surface area contributed by atoms with Gasteiger partial charge < -0.3 is 10.6 Å². The van der Waals surface area contributed by atoms with Gasteiger partial charge in [0.2, 0.25) is 5.91 Å². The summed E-state index contributed by atoms with van der Waals surface area (Å²) >= 11 is 0. The molecule has 100 valence electrons. The zero-order chi connectivity index (χ0) is 13.8. The lowest BCUT2D eigenvalue weighted by Crippen LogP contribution is -2.42. The topological polar surface area (TPSA) is 70.1 Å². The predicted molar refractivity (Wildman–Crippen MR) is 73.1 cm³/mol. The van der Waals surface area contributed by atoms with Crippen molar-refractivity contribution < 1.29 is 4.79 Å². The average molecular weight is 257 g/mol. The van der Waals surface area contributed by atoms with E-state index in [1.807, 2.05) is 24.0 Å². The largest absolute Gasteiger partial charge is 0.334 e. The molecule has 1 aromatic rings. The number of nitrogens with zero attached hydrogens (tertiary/aromatic N) is 2. The van der Waals surface area contributed by atoms with Crippen LogP contribution in [0.25, 0.3) is 0 Å². The van der Waals surface area contributed by atoms with Crippen molar-refractivity contribution >= 4 is 5.91 Å². The van der Waals surface area contributed by atoms with Crippen LogP contribution in [0.15, 0.2) is 24.3 Å². The maximum atomic E-state index is 12.1. The summed E-state index contributed by atoms with van der Waals surface area (Å²) in [6, 6.07) is 9.36. The summed E-state index contributed by atoms with van der Waals surface area (Å²) in [5.41, 5.74) is 7.89. The highest BCUT2D eigenvalue weighted by molar-refractivity contribution is 5.77. The number of rotatable bonds is 2. The third-order valence-electron chi connectivity index (χ3n) is 3.71. The molecule has 0 spiro atoms. The molecule has 1 heterocycles. The zero-order valence-electron chi connectivity index (χ0n) is 11.2. The Labute approximate surface area is 113 Å². The summed E-state index contributed by atoms with van der Waals surface area (Å²) in [7, 11) is 0. The number of nitrogens with two attached hydrogens (primary N) is 1. The number of carbonyl (C=O) groups is 1. The summed E-state index contributed by atoms with van der Waals surface area (Å²) in [5.74, 6) is 0.171. The third-order valence-corrected chi connectivity index (χ3v) is 3.71. The summed E-state index contributed by atoms with van der Waals surface area (Å²) < 4.78 is 0. The first-order valence-corrected chi connectivity index (χ1v) is 6.72. The SMILES string of the molecule is CCN1C(=O)CCCC(N)C1c1ccc(C#N)cc1. The summed E-state index contributed by atoms with van der Waals surface area (Å²) in [4.78, 5) is 14.0. The lowest BCUT2D eigenvalue weighted by Gasteiger charge is -2.33. The van der Waals surface area contributed by atoms with Crippen molar-refractivity contribution in [2.45, 2.75) is 38.3 Å². The number of amides is 1. The van der Waals surface area contributed by atoms with Crippen molar-refractivity contribution in [3.63, 3.8) is 0 Å². The van der Waals surface area contributed by atoms with E-state index in [0.29, 0.717) is 18.5 Å². The number of likely N-dealkylation sites (tertiary alicyclic amines) is 1. The van der Waals surface area contributed by atoms with Gasteiger partial charge in [0.25, 0.3) is 0 Å². The van der Waals surface area contributed by atoms with Gasteiger partial charge in [-0.2, -0.15) is 5.26 Å². The molecule has 1 aromatic carbocycles. The maximum Gasteiger partial charge on any atom is 0.223 e. The first-order valence-electron chi connectivity index (χ1n) is 6.72. The molecule has 2 unspecified atom stereocenters. The smallest absolute Gasteiger partial charge is 0.223 e. The van der Waals surface area contributed by atoms with Crippen LogP contribution in [0.4, 0.5) is 0 Å². The fourth-order valence-corrected chi connectivity index (χ4v) is 2.73. The molecule has 4 nitrogen and oxygen atoms in total. The highest BCUT2D eigenvalue weighted by Gasteiger charge is 2.31. The second-order valence-electron chi connectivity index (χ2n) is 4.91. The van der Waals surface area contributed by atoms with Gasteiger partial charge in [-0.05, 0) is 37.5 Å². The molecule has 19 heavy (non-hydrogen) atoms. The van der Waals surface area contributed by atoms with Crippen molar-refractivity contribution in [2.75, 3.05) is 6.54 Å². The number of carbonyl (C=O) groups excluding carboxylic acids is 1. The van der Waals surface area contributed by atoms with Gasteiger partial charge in [-0.1, -0.05) is 12.1 Å². The molecule has 0 radical (unpaired) electrons. The van der Waals surface area contributed by atoms with E-state index in [0.717, 1.165) is 18.4 Å². The molecule has 0 saturated carbocycles. The number of hydrogen-bond acceptors (Lipinski definition) is 3. The van der Waals surface area contributed by atoms with E-state index < -0.39 is 0 Å². The second-order valence-corrected chi connectivity index (χ2v) is 4.91. The first-order chi connectivity index (χ1) is 9.17. The van der Waals surface area contributed by atoms with Crippen LogP contribution in [-0.2, 0) is 4.79 Å². The summed E-state index contributed by atoms with van der Waals surface area (Å²) in [5, 5.41) is 8.84. The minimum Gasteiger partial charge on any atom is -0.334 e. The molecule has 1 aliphatic heterocycles. The normalized spacial score (nSPS) is 23.8. The summed E-state index contributed by atoms with van der Waals surface area (Å²) in [6.07, 6.45) is 2.28. The van der Waals surface area contributed by atoms with E-state index in [4.69, 9.17) is 11.0 Å². The standard InChI is InChI=1S/C15H19N3O/c1-2-18-14(19)5-3-4-13(17)15(18)12-8-6-11(10-16)7-9-12/h6-9,13,15H,2-5,17H2,1H3. The first kappa shape index (κ1) is 13.6. The van der Waals surface area contributed by atoms with Crippen molar-refractivity contribution in [3.05, 3.63) is 35.4 Å². The van der Waals surface area contributed by atoms with Crippen molar-refractivity contribution in [2.24, 2.45) is 5.73 Å². The molecular weight excluding hydrogens is 238 g/mol. The third kappa shape index (κ3) is 2.77. The monoisotopic (exact) mass is 257 g/mol. The van der Waals surface area contributed by atoms with Gasteiger partial charge in [0.05, 0.1) is 17.7 Å². The van der Waals surface area contributed by atoms with Crippen molar-refractivity contribution in [1.82, 2.24) is 4.90 Å². The van der Waals surface area contributed by atoms with Crippen LogP contribution in [-0.4, -0.2) is 23.4 Å². The van der Waals surface area contributed by atoms with Gasteiger partial charge in [0.1, 0.15) is 0 Å². The number of nitriles is 1. The lowest BCUT2D eigenvalue weighted by atomic mass is 9.95. The molecule has 1 fully saturated rings. The zero-order valence-corrected chi connectivity index (χ0v) is 11.2. The quantitative estimate of drug-likeness (QED) is 0.880. The van der Waals surface area contributed by atoms with Gasteiger partial charge in [-0.25, -0.2) is 0 Å². The highest BCUT2D eigenvalue weighted by atomic mass is 16.2. The minimum absolute atomic E-state index is 0.0423. The Hall–Kier alpha value is -1.86. The molecule has 0 aromatic heterocycles. The Kier molecular flexibility index (Phi) is 4.18. The van der Waals surface area contributed by atoms with Crippen LogP contribution in [0, 0.1) is 11.3 Å². The van der Waals surface area contributed by atoms with Crippen LogP contribution in [0.3, 0.4) is 0 Å². The Morgan fingerprint density at radius 3 is 2.68 bits per heavy atom. The van der Waals surface area contributed by atoms with Crippen LogP contribution in [0.2, 0.25) is 0 Å².